The minimum absolute atomic E-state index is 0.178. The van der Waals surface area contributed by atoms with Crippen LogP contribution in [0, 0.1) is 6.92 Å². The van der Waals surface area contributed by atoms with Gasteiger partial charge >= 0.3 is 23.6 Å². The summed E-state index contributed by atoms with van der Waals surface area (Å²) in [6.07, 6.45) is -2.72. The first kappa shape index (κ1) is 29.2. The van der Waals surface area contributed by atoms with Crippen molar-refractivity contribution in [2.24, 2.45) is 0 Å². The highest BCUT2D eigenvalue weighted by molar-refractivity contribution is 5.91. The highest BCUT2D eigenvalue weighted by atomic mass is 16.7. The van der Waals surface area contributed by atoms with Crippen LogP contribution in [0.5, 0.6) is 0 Å². The van der Waals surface area contributed by atoms with E-state index in [4.69, 9.17) is 18.9 Å². The number of hydrogen-bond acceptors (Lipinski definition) is 9. The van der Waals surface area contributed by atoms with Gasteiger partial charge in [-0.15, -0.1) is 0 Å². The minimum Gasteiger partial charge on any atom is -0.459 e. The van der Waals surface area contributed by atoms with Crippen molar-refractivity contribution in [3.05, 3.63) is 140 Å². The van der Waals surface area contributed by atoms with E-state index >= 15 is 0 Å². The molecule has 5 rings (SSSR count). The molecule has 1 saturated heterocycles. The third-order valence-corrected chi connectivity index (χ3v) is 7.05. The molecular weight excluding hydrogens is 556 g/mol. The second-order valence-electron chi connectivity index (χ2n) is 10.1. The second kappa shape index (κ2) is 12.3. The second-order valence-corrected chi connectivity index (χ2v) is 10.1. The Hall–Kier alpha value is -5.29. The minimum atomic E-state index is -1.85. The van der Waals surface area contributed by atoms with E-state index in [-0.39, 0.29) is 22.3 Å². The first-order valence-electron chi connectivity index (χ1n) is 13.4. The highest BCUT2D eigenvalue weighted by Crippen LogP contribution is 2.43. The molecule has 0 bridgehead atoms. The smallest absolute Gasteiger partial charge is 0.338 e. The van der Waals surface area contributed by atoms with Crippen molar-refractivity contribution in [2.45, 2.75) is 37.9 Å². The van der Waals surface area contributed by atoms with E-state index in [2.05, 4.69) is 4.98 Å². The fourth-order valence-corrected chi connectivity index (χ4v) is 4.82. The lowest BCUT2D eigenvalue weighted by Gasteiger charge is -2.34. The van der Waals surface area contributed by atoms with Crippen molar-refractivity contribution < 1.29 is 33.3 Å². The van der Waals surface area contributed by atoms with Gasteiger partial charge in [0.05, 0.1) is 16.7 Å². The van der Waals surface area contributed by atoms with Gasteiger partial charge in [0.15, 0.2) is 17.9 Å². The summed E-state index contributed by atoms with van der Waals surface area (Å²) in [6, 6.07) is 24.5. The van der Waals surface area contributed by atoms with Crippen molar-refractivity contribution in [1.29, 1.82) is 0 Å². The Bertz CT molecular complexity index is 1740. The fourth-order valence-electron chi connectivity index (χ4n) is 4.82. The summed E-state index contributed by atoms with van der Waals surface area (Å²) in [5.74, 6) is -2.21. The normalized spacial score (nSPS) is 21.1. The van der Waals surface area contributed by atoms with Crippen LogP contribution in [-0.4, -0.2) is 51.9 Å². The maximum absolute atomic E-state index is 13.4. The molecule has 11 nitrogen and oxygen atoms in total. The van der Waals surface area contributed by atoms with Crippen LogP contribution in [0.2, 0.25) is 0 Å². The number of carbonyl (C=O) groups excluding carboxylic acids is 3. The van der Waals surface area contributed by atoms with E-state index in [1.807, 2.05) is 0 Å². The number of rotatable bonds is 8. The predicted molar refractivity (Wildman–Crippen MR) is 153 cm³/mol. The largest absolute Gasteiger partial charge is 0.459 e. The van der Waals surface area contributed by atoms with E-state index in [9.17, 15) is 24.0 Å². The zero-order chi connectivity index (χ0) is 30.6. The Labute approximate surface area is 245 Å². The number of aryl methyl sites for hydroxylation is 1. The van der Waals surface area contributed by atoms with Gasteiger partial charge in [-0.1, -0.05) is 54.6 Å². The summed E-state index contributed by atoms with van der Waals surface area (Å²) in [5.41, 5.74) is -2.45. The Morgan fingerprint density at radius 1 is 0.814 bits per heavy atom. The standard InChI is InChI=1S/C32H28N2O9/c1-20-18-34(31(39)33-26(20)35)30-32(2,43-29(38)23-16-10-5-11-17-23)25(42-28(37)22-14-8-4-9-15-22)24(41-30)19-40-27(36)21-12-6-3-7-13-21/h3-18,24-25,30H,19H2,1-2H3,(H,33,35,39)/t24-,25?,30-,32+/m1/s1. The molecule has 1 aliphatic heterocycles. The number of carbonyl (C=O) groups is 3. The number of ether oxygens (including phenoxy) is 4. The molecule has 3 aromatic carbocycles. The molecule has 43 heavy (non-hydrogen) atoms. The number of nitrogens with zero attached hydrogens (tertiary/aromatic N) is 1. The molecule has 0 radical (unpaired) electrons. The summed E-state index contributed by atoms with van der Waals surface area (Å²) in [4.78, 5) is 66.9. The van der Waals surface area contributed by atoms with E-state index in [0.717, 1.165) is 4.57 Å². The van der Waals surface area contributed by atoms with Gasteiger partial charge in [0, 0.05) is 11.8 Å². The maximum Gasteiger partial charge on any atom is 0.338 e. The van der Waals surface area contributed by atoms with Crippen molar-refractivity contribution in [3.63, 3.8) is 0 Å². The number of esters is 3. The van der Waals surface area contributed by atoms with Crippen LogP contribution in [0.1, 0.15) is 49.8 Å². The van der Waals surface area contributed by atoms with Gasteiger partial charge in [-0.3, -0.25) is 14.3 Å². The molecule has 1 N–H and O–H groups in total. The van der Waals surface area contributed by atoms with E-state index in [1.165, 1.54) is 32.2 Å². The van der Waals surface area contributed by atoms with Crippen molar-refractivity contribution in [3.8, 4) is 0 Å². The van der Waals surface area contributed by atoms with Crippen LogP contribution < -0.4 is 11.2 Å². The molecule has 1 unspecified atom stereocenters. The van der Waals surface area contributed by atoms with Crippen LogP contribution in [-0.2, 0) is 18.9 Å². The maximum atomic E-state index is 13.4. The van der Waals surface area contributed by atoms with Crippen molar-refractivity contribution >= 4 is 17.9 Å². The Morgan fingerprint density at radius 2 is 1.33 bits per heavy atom. The third-order valence-electron chi connectivity index (χ3n) is 7.05. The number of hydrogen-bond donors (Lipinski definition) is 1. The summed E-state index contributed by atoms with van der Waals surface area (Å²) >= 11 is 0. The van der Waals surface area contributed by atoms with Gasteiger partial charge in [0.25, 0.3) is 5.56 Å². The fraction of sp³-hybridized carbons (Fsp3) is 0.219. The lowest BCUT2D eigenvalue weighted by Crippen LogP contribution is -2.52. The van der Waals surface area contributed by atoms with Gasteiger partial charge in [0.1, 0.15) is 12.7 Å². The van der Waals surface area contributed by atoms with Crippen molar-refractivity contribution in [1.82, 2.24) is 9.55 Å². The van der Waals surface area contributed by atoms with Gasteiger partial charge in [-0.05, 0) is 50.2 Å². The van der Waals surface area contributed by atoms with Crippen LogP contribution in [0.25, 0.3) is 0 Å². The number of nitrogens with one attached hydrogen (secondary N) is 1. The Morgan fingerprint density at radius 3 is 1.88 bits per heavy atom. The first-order valence-corrected chi connectivity index (χ1v) is 13.4. The van der Waals surface area contributed by atoms with Crippen molar-refractivity contribution in [2.75, 3.05) is 6.61 Å². The molecule has 220 valence electrons. The molecule has 0 amide bonds. The molecule has 2 heterocycles. The SMILES string of the molecule is Cc1cn([C@@H]2O[C@H](COC(=O)c3ccccc3)C(OC(=O)c3ccccc3)[C@]2(C)OC(=O)c2ccccc2)c(=O)[nH]c1=O. The molecule has 4 atom stereocenters. The Kier molecular flexibility index (Phi) is 8.35. The number of aromatic amines is 1. The molecule has 4 aromatic rings. The number of benzene rings is 3. The molecule has 11 heteroatoms. The average Bonchev–Trinajstić information content (AvgIpc) is 3.28. The van der Waals surface area contributed by atoms with Gasteiger partial charge < -0.3 is 18.9 Å². The zero-order valence-corrected chi connectivity index (χ0v) is 23.3. The van der Waals surface area contributed by atoms with E-state index in [1.54, 1.807) is 78.9 Å². The molecule has 0 aliphatic carbocycles. The molecule has 1 aromatic heterocycles. The summed E-state index contributed by atoms with van der Waals surface area (Å²) in [5, 5.41) is 0. The van der Waals surface area contributed by atoms with E-state index < -0.39 is 59.8 Å². The van der Waals surface area contributed by atoms with Crippen LogP contribution in [0.15, 0.2) is 107 Å². The summed E-state index contributed by atoms with van der Waals surface area (Å²) < 4.78 is 24.7. The lowest BCUT2D eigenvalue weighted by atomic mass is 9.95. The van der Waals surface area contributed by atoms with Gasteiger partial charge in [0.2, 0.25) is 0 Å². The average molecular weight is 585 g/mol. The van der Waals surface area contributed by atoms with Gasteiger partial charge in [-0.2, -0.15) is 0 Å². The molecule has 0 saturated carbocycles. The zero-order valence-electron chi connectivity index (χ0n) is 23.3. The van der Waals surface area contributed by atoms with Crippen LogP contribution in [0.3, 0.4) is 0 Å². The summed E-state index contributed by atoms with van der Waals surface area (Å²) in [7, 11) is 0. The monoisotopic (exact) mass is 584 g/mol. The number of aromatic nitrogens is 2. The highest BCUT2D eigenvalue weighted by Gasteiger charge is 2.60. The Balaban J connectivity index is 1.57. The topological polar surface area (TPSA) is 143 Å². The van der Waals surface area contributed by atoms with E-state index in [0.29, 0.717) is 0 Å². The molecular formula is C32H28N2O9. The first-order chi connectivity index (χ1) is 20.7. The third kappa shape index (κ3) is 6.16. The molecule has 1 aliphatic rings. The van der Waals surface area contributed by atoms with Crippen LogP contribution >= 0.6 is 0 Å². The summed E-state index contributed by atoms with van der Waals surface area (Å²) in [6.45, 7) is 2.52. The molecule has 0 spiro atoms. The lowest BCUT2D eigenvalue weighted by molar-refractivity contribution is -0.111. The molecule has 1 fully saturated rings. The van der Waals surface area contributed by atoms with Gasteiger partial charge in [-0.25, -0.2) is 19.2 Å². The number of H-pyrrole nitrogens is 1. The quantitative estimate of drug-likeness (QED) is 0.243. The predicted octanol–water partition coefficient (Wildman–Crippen LogP) is 3.44. The van der Waals surface area contributed by atoms with Crippen LogP contribution in [0.4, 0.5) is 0 Å².